The van der Waals surface area contributed by atoms with Crippen molar-refractivity contribution in [1.29, 1.82) is 0 Å². The van der Waals surface area contributed by atoms with Crippen LogP contribution < -0.4 is 16.3 Å². The Morgan fingerprint density at radius 1 is 1.00 bits per heavy atom. The third kappa shape index (κ3) is 6.80. The second kappa shape index (κ2) is 13.2. The van der Waals surface area contributed by atoms with Gasteiger partial charge in [-0.2, -0.15) is 4.68 Å². The van der Waals surface area contributed by atoms with Crippen LogP contribution in [0.1, 0.15) is 71.7 Å². The van der Waals surface area contributed by atoms with E-state index in [-0.39, 0.29) is 29.0 Å². The summed E-state index contributed by atoms with van der Waals surface area (Å²) in [6.45, 7) is 6.86. The number of rotatable bonds is 12. The van der Waals surface area contributed by atoms with E-state index in [9.17, 15) is 24.0 Å². The van der Waals surface area contributed by atoms with Gasteiger partial charge in [0.2, 0.25) is 5.91 Å². The number of halogens is 1. The first kappa shape index (κ1) is 31.5. The quantitative estimate of drug-likeness (QED) is 0.273. The van der Waals surface area contributed by atoms with Gasteiger partial charge in [-0.1, -0.05) is 56.5 Å². The van der Waals surface area contributed by atoms with Crippen molar-refractivity contribution in [2.24, 2.45) is 0 Å². The highest BCUT2D eigenvalue weighted by Crippen LogP contribution is 2.34. The number of para-hydroxylation sites is 1. The number of benzene rings is 2. The lowest BCUT2D eigenvalue weighted by molar-refractivity contribution is -0.139. The van der Waals surface area contributed by atoms with E-state index in [0.29, 0.717) is 29.1 Å². The summed E-state index contributed by atoms with van der Waals surface area (Å²) in [6, 6.07) is 11.5. The largest absolute Gasteiger partial charge is 0.433 e. The van der Waals surface area contributed by atoms with Crippen molar-refractivity contribution in [1.82, 2.24) is 19.2 Å². The molecule has 1 atom stereocenters. The van der Waals surface area contributed by atoms with Gasteiger partial charge in [0.05, 0.1) is 16.4 Å². The van der Waals surface area contributed by atoms with Crippen LogP contribution in [0.5, 0.6) is 0 Å². The molecule has 3 aromatic rings. The number of anilines is 2. The number of nitrogens with one attached hydrogen (secondary N) is 2. The number of unbranched alkanes of at least 4 members (excludes halogenated alkanes) is 2. The summed E-state index contributed by atoms with van der Waals surface area (Å²) < 4.78 is 7.66. The minimum atomic E-state index is -1.69. The Morgan fingerprint density at radius 3 is 2.35 bits per heavy atom. The molecule has 0 spiro atoms. The zero-order valence-electron chi connectivity index (χ0n) is 24.6. The smallest absolute Gasteiger partial charge is 0.418 e. The summed E-state index contributed by atoms with van der Waals surface area (Å²) in [7, 11) is 0. The Labute approximate surface area is 253 Å². The van der Waals surface area contributed by atoms with E-state index in [1.165, 1.54) is 30.5 Å². The highest BCUT2D eigenvalue weighted by atomic mass is 35.5. The number of imide groups is 1. The number of hydrogen-bond acceptors (Lipinski definition) is 7. The predicted molar refractivity (Wildman–Crippen MR) is 161 cm³/mol. The first-order valence-electron chi connectivity index (χ1n) is 14.2. The van der Waals surface area contributed by atoms with Crippen LogP contribution in [0.2, 0.25) is 5.02 Å². The van der Waals surface area contributed by atoms with Crippen LogP contribution in [0.25, 0.3) is 5.69 Å². The molecule has 1 aromatic heterocycles. The number of cyclic esters (lactones) is 1. The fraction of sp³-hybridized carbons (Fsp3) is 0.400. The van der Waals surface area contributed by atoms with Gasteiger partial charge in [-0.25, -0.2) is 14.5 Å². The molecule has 4 rings (SSSR count). The molecule has 0 saturated carbocycles. The standard InChI is InChI=1S/C30H35ClN6O6/c1-5-7-9-14-23(38)32-19-15-16-21(31)22(18-19)33-26(39)24(36-27(40)30(3,4)43-29(36)42)25-34-37(20-12-10-8-11-13-20)28(41)35(25)17-6-2/h8,10-13,15-16,18,24H,5-7,9,14,17H2,1-4H3,(H,32,38)(H,33,39). The Bertz CT molecular complexity index is 1580. The van der Waals surface area contributed by atoms with Crippen LogP contribution in [-0.4, -0.2) is 48.7 Å². The highest BCUT2D eigenvalue weighted by molar-refractivity contribution is 6.34. The molecule has 1 aliphatic heterocycles. The van der Waals surface area contributed by atoms with Crippen LogP contribution in [0.3, 0.4) is 0 Å². The topological polar surface area (TPSA) is 145 Å². The molecule has 1 unspecified atom stereocenters. The Balaban J connectivity index is 1.76. The van der Waals surface area contributed by atoms with Gasteiger partial charge in [0.25, 0.3) is 11.8 Å². The zero-order chi connectivity index (χ0) is 31.3. The van der Waals surface area contributed by atoms with E-state index < -0.39 is 35.2 Å². The molecule has 228 valence electrons. The monoisotopic (exact) mass is 610 g/mol. The lowest BCUT2D eigenvalue weighted by atomic mass is 10.1. The number of carbonyl (C=O) groups is 4. The van der Waals surface area contributed by atoms with Crippen molar-refractivity contribution in [3.05, 3.63) is 69.9 Å². The van der Waals surface area contributed by atoms with Crippen molar-refractivity contribution >= 4 is 46.8 Å². The van der Waals surface area contributed by atoms with E-state index in [4.69, 9.17) is 16.3 Å². The Hall–Kier alpha value is -4.45. The van der Waals surface area contributed by atoms with Gasteiger partial charge in [0.15, 0.2) is 17.5 Å². The van der Waals surface area contributed by atoms with Gasteiger partial charge in [0, 0.05) is 18.7 Å². The molecular formula is C30H35ClN6O6. The van der Waals surface area contributed by atoms with Crippen molar-refractivity contribution < 1.29 is 23.9 Å². The molecule has 0 aliphatic carbocycles. The summed E-state index contributed by atoms with van der Waals surface area (Å²) in [5.41, 5.74) is -1.15. The number of aromatic nitrogens is 3. The van der Waals surface area contributed by atoms with Crippen molar-refractivity contribution in [2.45, 2.75) is 78.0 Å². The molecule has 4 amide bonds. The molecule has 43 heavy (non-hydrogen) atoms. The van der Waals surface area contributed by atoms with Crippen molar-refractivity contribution in [3.8, 4) is 5.69 Å². The minimum absolute atomic E-state index is 0.120. The molecule has 2 heterocycles. The summed E-state index contributed by atoms with van der Waals surface area (Å²) >= 11 is 6.41. The molecular weight excluding hydrogens is 576 g/mol. The summed E-state index contributed by atoms with van der Waals surface area (Å²) in [6.07, 6.45) is 2.43. The molecule has 2 aromatic carbocycles. The van der Waals surface area contributed by atoms with Crippen molar-refractivity contribution in [2.75, 3.05) is 10.6 Å². The maximum absolute atomic E-state index is 14.1. The zero-order valence-corrected chi connectivity index (χ0v) is 25.3. The van der Waals surface area contributed by atoms with Gasteiger partial charge in [0.1, 0.15) is 0 Å². The summed E-state index contributed by atoms with van der Waals surface area (Å²) in [5, 5.41) is 10.1. The van der Waals surface area contributed by atoms with Gasteiger partial charge in [-0.05, 0) is 57.0 Å². The second-order valence-electron chi connectivity index (χ2n) is 10.7. The van der Waals surface area contributed by atoms with Crippen LogP contribution in [0.15, 0.2) is 53.3 Å². The molecule has 1 fully saturated rings. The van der Waals surface area contributed by atoms with Crippen LogP contribution in [0.4, 0.5) is 16.2 Å². The SMILES string of the molecule is CCCCCC(=O)Nc1ccc(Cl)c(NC(=O)C(c2nn(-c3ccccc3)c(=O)n2CCC)N2C(=O)OC(C)(C)C2=O)c1. The number of hydrogen-bond donors (Lipinski definition) is 2. The number of ether oxygens (including phenoxy) is 1. The van der Waals surface area contributed by atoms with Crippen LogP contribution in [-0.2, 0) is 25.7 Å². The van der Waals surface area contributed by atoms with E-state index in [0.717, 1.165) is 23.9 Å². The fourth-order valence-corrected chi connectivity index (χ4v) is 4.87. The lowest BCUT2D eigenvalue weighted by Crippen LogP contribution is -2.45. The molecule has 0 radical (unpaired) electrons. The van der Waals surface area contributed by atoms with Crippen LogP contribution >= 0.6 is 11.6 Å². The third-order valence-electron chi connectivity index (χ3n) is 6.88. The molecule has 1 aliphatic rings. The maximum atomic E-state index is 14.1. The molecule has 13 heteroatoms. The predicted octanol–water partition coefficient (Wildman–Crippen LogP) is 5.05. The van der Waals surface area contributed by atoms with Gasteiger partial charge >= 0.3 is 11.8 Å². The fourth-order valence-electron chi connectivity index (χ4n) is 4.70. The van der Waals surface area contributed by atoms with Crippen molar-refractivity contribution in [3.63, 3.8) is 0 Å². The molecule has 0 bridgehead atoms. The second-order valence-corrected chi connectivity index (χ2v) is 11.1. The van der Waals surface area contributed by atoms with E-state index in [1.54, 1.807) is 36.4 Å². The normalized spacial score (nSPS) is 14.9. The first-order valence-corrected chi connectivity index (χ1v) is 14.6. The lowest BCUT2D eigenvalue weighted by Gasteiger charge is -2.24. The number of amides is 4. The first-order chi connectivity index (χ1) is 20.5. The van der Waals surface area contributed by atoms with Crippen LogP contribution in [0, 0.1) is 0 Å². The number of carbonyl (C=O) groups excluding carboxylic acids is 4. The summed E-state index contributed by atoms with van der Waals surface area (Å²) in [4.78, 5) is 67.1. The average molecular weight is 611 g/mol. The maximum Gasteiger partial charge on any atom is 0.418 e. The molecule has 2 N–H and O–H groups in total. The number of nitrogens with zero attached hydrogens (tertiary/aromatic N) is 4. The Kier molecular flexibility index (Phi) is 9.70. The van der Waals surface area contributed by atoms with Gasteiger partial charge in [-0.3, -0.25) is 19.0 Å². The van der Waals surface area contributed by atoms with E-state index >= 15 is 0 Å². The minimum Gasteiger partial charge on any atom is -0.433 e. The average Bonchev–Trinajstić information content (AvgIpc) is 3.38. The van der Waals surface area contributed by atoms with Gasteiger partial charge < -0.3 is 15.4 Å². The summed E-state index contributed by atoms with van der Waals surface area (Å²) in [5.74, 6) is -1.96. The third-order valence-corrected chi connectivity index (χ3v) is 7.21. The Morgan fingerprint density at radius 2 is 1.72 bits per heavy atom. The molecule has 12 nitrogen and oxygen atoms in total. The van der Waals surface area contributed by atoms with E-state index in [2.05, 4.69) is 15.7 Å². The highest BCUT2D eigenvalue weighted by Gasteiger charge is 2.53. The van der Waals surface area contributed by atoms with Gasteiger partial charge in [-0.15, -0.1) is 5.10 Å². The molecule has 1 saturated heterocycles. The van der Waals surface area contributed by atoms with E-state index in [1.807, 2.05) is 13.8 Å².